The summed E-state index contributed by atoms with van der Waals surface area (Å²) in [5.74, 6) is 0.630. The first-order valence-electron chi connectivity index (χ1n) is 3.31. The fraction of sp³-hybridized carbons (Fsp3) is 0.200. The van der Waals surface area contributed by atoms with Gasteiger partial charge < -0.3 is 5.32 Å². The van der Waals surface area contributed by atoms with Crippen molar-refractivity contribution in [3.8, 4) is 0 Å². The third-order valence-corrected chi connectivity index (χ3v) is 1.95. The molecular formula is C5H6N6S. The van der Waals surface area contributed by atoms with Gasteiger partial charge in [0.15, 0.2) is 11.0 Å². The van der Waals surface area contributed by atoms with Crippen molar-refractivity contribution in [2.75, 3.05) is 5.32 Å². The Bertz CT molecular complexity index is 279. The predicted molar refractivity (Wildman–Crippen MR) is 43.6 cm³/mol. The van der Waals surface area contributed by atoms with E-state index >= 15 is 0 Å². The molecule has 0 unspecified atom stereocenters. The van der Waals surface area contributed by atoms with Crippen molar-refractivity contribution >= 4 is 16.5 Å². The van der Waals surface area contributed by atoms with Gasteiger partial charge >= 0.3 is 0 Å². The van der Waals surface area contributed by atoms with E-state index < -0.39 is 0 Å². The lowest BCUT2D eigenvalue weighted by Gasteiger charge is -1.95. The number of hydrogen-bond acceptors (Lipinski definition) is 6. The minimum absolute atomic E-state index is 0.546. The fourth-order valence-electron chi connectivity index (χ4n) is 0.723. The predicted octanol–water partition coefficient (Wildman–Crippen LogP) is 0.268. The van der Waals surface area contributed by atoms with Gasteiger partial charge in [0.2, 0.25) is 0 Å². The van der Waals surface area contributed by atoms with Crippen LogP contribution in [0.5, 0.6) is 0 Å². The molecule has 0 saturated carbocycles. The van der Waals surface area contributed by atoms with E-state index in [2.05, 4.69) is 30.9 Å². The lowest BCUT2D eigenvalue weighted by molar-refractivity contribution is 0.881. The van der Waals surface area contributed by atoms with E-state index in [1.165, 1.54) is 11.3 Å². The van der Waals surface area contributed by atoms with Gasteiger partial charge in [0.05, 0.1) is 6.54 Å². The van der Waals surface area contributed by atoms with Crippen LogP contribution in [0.15, 0.2) is 11.6 Å². The average Bonchev–Trinajstić information content (AvgIpc) is 2.74. The summed E-state index contributed by atoms with van der Waals surface area (Å²) in [6.45, 7) is 0.546. The van der Waals surface area contributed by atoms with Gasteiger partial charge in [0, 0.05) is 11.6 Å². The molecule has 0 aliphatic rings. The quantitative estimate of drug-likeness (QED) is 0.712. The van der Waals surface area contributed by atoms with Crippen LogP contribution in [-0.4, -0.2) is 25.6 Å². The van der Waals surface area contributed by atoms with Gasteiger partial charge in [-0.05, 0) is 0 Å². The summed E-state index contributed by atoms with van der Waals surface area (Å²) in [7, 11) is 0. The van der Waals surface area contributed by atoms with Crippen molar-refractivity contribution in [3.63, 3.8) is 0 Å². The van der Waals surface area contributed by atoms with Crippen molar-refractivity contribution in [2.24, 2.45) is 0 Å². The Balaban J connectivity index is 1.91. The van der Waals surface area contributed by atoms with Gasteiger partial charge in [0.1, 0.15) is 0 Å². The molecule has 2 N–H and O–H groups in total. The standard InChI is InChI=1S/C5H6N6S/c1-2-12-5(6-1)7-3-4-8-10-11-9-4/h1-2H,3H2,(H,6,7)(H,8,9,10,11). The highest BCUT2D eigenvalue weighted by Gasteiger charge is 1.98. The number of nitrogens with one attached hydrogen (secondary N) is 2. The highest BCUT2D eigenvalue weighted by atomic mass is 32.1. The summed E-state index contributed by atoms with van der Waals surface area (Å²) in [6, 6.07) is 0. The largest absolute Gasteiger partial charge is 0.354 e. The van der Waals surface area contributed by atoms with E-state index in [0.717, 1.165) is 5.13 Å². The van der Waals surface area contributed by atoms with Crippen molar-refractivity contribution < 1.29 is 0 Å². The molecule has 0 aliphatic carbocycles. The molecule has 2 aromatic rings. The third-order valence-electron chi connectivity index (χ3n) is 1.22. The molecule has 2 rings (SSSR count). The number of aromatic nitrogens is 5. The van der Waals surface area contributed by atoms with Crippen molar-refractivity contribution in [2.45, 2.75) is 6.54 Å². The Labute approximate surface area is 72.0 Å². The van der Waals surface area contributed by atoms with Crippen molar-refractivity contribution in [1.29, 1.82) is 0 Å². The summed E-state index contributed by atoms with van der Waals surface area (Å²) in [5.41, 5.74) is 0. The zero-order valence-electron chi connectivity index (χ0n) is 6.06. The maximum Gasteiger partial charge on any atom is 0.193 e. The second-order valence-corrected chi connectivity index (χ2v) is 2.91. The summed E-state index contributed by atoms with van der Waals surface area (Å²) in [6.07, 6.45) is 1.74. The normalized spacial score (nSPS) is 10.0. The minimum Gasteiger partial charge on any atom is -0.354 e. The van der Waals surface area contributed by atoms with E-state index in [1.807, 2.05) is 5.38 Å². The zero-order chi connectivity index (χ0) is 8.23. The summed E-state index contributed by atoms with van der Waals surface area (Å²) in [4.78, 5) is 4.04. The number of nitrogens with zero attached hydrogens (tertiary/aromatic N) is 4. The molecule has 0 bridgehead atoms. The second-order valence-electron chi connectivity index (χ2n) is 2.02. The van der Waals surface area contributed by atoms with Crippen LogP contribution >= 0.6 is 11.3 Å². The maximum absolute atomic E-state index is 4.04. The molecule has 0 aromatic carbocycles. The van der Waals surface area contributed by atoms with E-state index in [-0.39, 0.29) is 0 Å². The third kappa shape index (κ3) is 1.56. The molecule has 2 aromatic heterocycles. The number of H-pyrrole nitrogens is 1. The summed E-state index contributed by atoms with van der Waals surface area (Å²) in [5, 5.41) is 19.2. The minimum atomic E-state index is 0.546. The SMILES string of the molecule is c1csc(NCc2nn[nH]n2)n1. The first kappa shape index (κ1) is 7.17. The number of aromatic amines is 1. The van der Waals surface area contributed by atoms with Gasteiger partial charge in [0.25, 0.3) is 0 Å². The van der Waals surface area contributed by atoms with Crippen molar-refractivity contribution in [3.05, 3.63) is 17.4 Å². The topological polar surface area (TPSA) is 79.4 Å². The summed E-state index contributed by atoms with van der Waals surface area (Å²) < 4.78 is 0. The monoisotopic (exact) mass is 182 g/mol. The van der Waals surface area contributed by atoms with Crippen LogP contribution in [0.4, 0.5) is 5.13 Å². The molecule has 12 heavy (non-hydrogen) atoms. The molecule has 0 fully saturated rings. The molecule has 0 spiro atoms. The molecule has 0 amide bonds. The summed E-state index contributed by atoms with van der Waals surface area (Å²) >= 11 is 1.54. The fourth-order valence-corrected chi connectivity index (χ4v) is 1.25. The first-order chi connectivity index (χ1) is 5.95. The van der Waals surface area contributed by atoms with Gasteiger partial charge in [-0.1, -0.05) is 5.21 Å². The van der Waals surface area contributed by atoms with Crippen LogP contribution in [0, 0.1) is 0 Å². The van der Waals surface area contributed by atoms with Gasteiger partial charge in [-0.25, -0.2) is 4.98 Å². The average molecular weight is 182 g/mol. The number of anilines is 1. The number of rotatable bonds is 3. The van der Waals surface area contributed by atoms with E-state index in [9.17, 15) is 0 Å². The number of thiazole rings is 1. The number of tetrazole rings is 1. The van der Waals surface area contributed by atoms with Gasteiger partial charge in [-0.3, -0.25) is 0 Å². The van der Waals surface area contributed by atoms with Crippen LogP contribution < -0.4 is 5.32 Å². The zero-order valence-corrected chi connectivity index (χ0v) is 6.88. The molecule has 62 valence electrons. The van der Waals surface area contributed by atoms with Crippen LogP contribution in [-0.2, 0) is 6.54 Å². The Morgan fingerprint density at radius 1 is 1.58 bits per heavy atom. The smallest absolute Gasteiger partial charge is 0.193 e. The van der Waals surface area contributed by atoms with Crippen LogP contribution in [0.3, 0.4) is 0 Å². The first-order valence-corrected chi connectivity index (χ1v) is 4.19. The Hall–Kier alpha value is -1.50. The second kappa shape index (κ2) is 3.26. The van der Waals surface area contributed by atoms with Crippen LogP contribution in [0.2, 0.25) is 0 Å². The Morgan fingerprint density at radius 2 is 2.58 bits per heavy atom. The molecule has 0 atom stereocenters. The molecule has 0 radical (unpaired) electrons. The van der Waals surface area contributed by atoms with Gasteiger partial charge in [-0.15, -0.1) is 21.5 Å². The van der Waals surface area contributed by atoms with Crippen LogP contribution in [0.25, 0.3) is 0 Å². The Kier molecular flexibility index (Phi) is 1.95. The molecule has 2 heterocycles. The Morgan fingerprint density at radius 3 is 3.25 bits per heavy atom. The highest BCUT2D eigenvalue weighted by molar-refractivity contribution is 7.13. The highest BCUT2D eigenvalue weighted by Crippen LogP contribution is 2.10. The maximum atomic E-state index is 4.04. The van der Waals surface area contributed by atoms with Crippen LogP contribution in [0.1, 0.15) is 5.82 Å². The van der Waals surface area contributed by atoms with Gasteiger partial charge in [-0.2, -0.15) is 5.21 Å². The molecule has 7 heteroatoms. The molecule has 6 nitrogen and oxygen atoms in total. The lowest BCUT2D eigenvalue weighted by atomic mass is 10.6. The van der Waals surface area contributed by atoms with E-state index in [1.54, 1.807) is 6.20 Å². The number of hydrogen-bond donors (Lipinski definition) is 2. The van der Waals surface area contributed by atoms with E-state index in [0.29, 0.717) is 12.4 Å². The molecular weight excluding hydrogens is 176 g/mol. The molecule has 0 aliphatic heterocycles. The van der Waals surface area contributed by atoms with Crippen molar-refractivity contribution in [1.82, 2.24) is 25.6 Å². The molecule has 0 saturated heterocycles. The lowest BCUT2D eigenvalue weighted by Crippen LogP contribution is -2.00. The van der Waals surface area contributed by atoms with E-state index in [4.69, 9.17) is 0 Å².